The van der Waals surface area contributed by atoms with Crippen LogP contribution in [-0.2, 0) is 44.6 Å². The molecule has 2 nitrogen and oxygen atoms in total. The van der Waals surface area contributed by atoms with Gasteiger partial charge in [-0.1, -0.05) is 150 Å². The highest BCUT2D eigenvalue weighted by Gasteiger charge is 2.38. The number of anilines is 1. The largest absolute Gasteiger partial charge is 0.416 e. The van der Waals surface area contributed by atoms with Crippen molar-refractivity contribution < 1.29 is 56.9 Å². The standard InChI is InChI=1S/C28H16BF12.C23H22NOS/c30-25(31,32)17-1-9-21(10-2-17)29(22-11-3-18(4-12-22)26(33,34)35,23-13-5-19(6-14-23)27(36,37)38)24-15-7-20(8-16-24)28(39,40)41;1-24(2)22-15-13-21(14-16-22)19-26(25,23-11-7-4-8-12-23)18-17-20-9-5-3-6-10-20/h1-16H;3-16H,19H2,1-2H3/q-1;+1. The molecule has 1 unspecified atom stereocenters. The van der Waals surface area contributed by atoms with E-state index in [0.717, 1.165) is 70.2 Å². The topological polar surface area (TPSA) is 20.3 Å². The van der Waals surface area contributed by atoms with Gasteiger partial charge in [-0.05, 0) is 42.3 Å². The third-order valence-corrected chi connectivity index (χ3v) is 13.2. The van der Waals surface area contributed by atoms with Crippen molar-refractivity contribution in [2.75, 3.05) is 19.0 Å². The number of nitrogens with zero attached hydrogens (tertiary/aromatic N) is 1. The van der Waals surface area contributed by atoms with E-state index in [0.29, 0.717) is 54.3 Å². The average Bonchev–Trinajstić information content (AvgIpc) is 3.29. The van der Waals surface area contributed by atoms with E-state index in [1.54, 1.807) is 0 Å². The number of hydrogen-bond acceptors (Lipinski definition) is 2. The van der Waals surface area contributed by atoms with E-state index in [4.69, 9.17) is 0 Å². The van der Waals surface area contributed by atoms with Crippen LogP contribution in [-0.4, -0.2) is 20.2 Å². The van der Waals surface area contributed by atoms with Crippen LogP contribution in [0.4, 0.5) is 58.4 Å². The van der Waals surface area contributed by atoms with E-state index in [2.05, 4.69) is 11.2 Å². The maximum absolute atomic E-state index is 13.8. The summed E-state index contributed by atoms with van der Waals surface area (Å²) >= 11 is 0. The zero-order valence-corrected chi connectivity index (χ0v) is 36.2. The number of alkyl halides is 12. The SMILES string of the molecule is CN(C)c1ccc(C[S+](=O)(C#Cc2ccccc2)c2ccccc2)cc1.FC(F)(F)c1ccc([B-](c2ccc(C(F)(F)F)cc2)(c2ccc(C(F)(F)F)cc2)c2ccc(C(F)(F)F)cc2)cc1. The molecule has 0 radical (unpaired) electrons. The van der Waals surface area contributed by atoms with Gasteiger partial charge in [0.25, 0.3) is 0 Å². The molecule has 0 aromatic heterocycles. The third-order valence-electron chi connectivity index (χ3n) is 11.0. The van der Waals surface area contributed by atoms with Crippen molar-refractivity contribution in [1.82, 2.24) is 0 Å². The molecule has 7 aromatic rings. The van der Waals surface area contributed by atoms with Crippen LogP contribution >= 0.6 is 0 Å². The third kappa shape index (κ3) is 11.8. The fourth-order valence-electron chi connectivity index (χ4n) is 7.60. The first-order chi connectivity index (χ1) is 31.4. The minimum Gasteiger partial charge on any atom is -0.378 e. The smallest absolute Gasteiger partial charge is 0.378 e. The van der Waals surface area contributed by atoms with E-state index in [-0.39, 0.29) is 21.9 Å². The van der Waals surface area contributed by atoms with E-state index in [1.165, 1.54) is 0 Å². The maximum atomic E-state index is 13.8. The Labute approximate surface area is 380 Å². The first-order valence-electron chi connectivity index (χ1n) is 20.2. The van der Waals surface area contributed by atoms with Crippen LogP contribution in [0.1, 0.15) is 33.4 Å². The Morgan fingerprint density at radius 2 is 0.746 bits per heavy atom. The summed E-state index contributed by atoms with van der Waals surface area (Å²) in [5.41, 5.74) is -1.28. The molecule has 0 N–H and O–H groups in total. The van der Waals surface area contributed by atoms with Crippen LogP contribution in [0.15, 0.2) is 187 Å². The fraction of sp³-hybridized carbons (Fsp3) is 0.137. The second-order valence-corrected chi connectivity index (χ2v) is 17.9. The number of hydrogen-bond donors (Lipinski definition) is 0. The molecule has 1 atom stereocenters. The second kappa shape index (κ2) is 19.6. The van der Waals surface area contributed by atoms with Gasteiger partial charge in [0.15, 0.2) is 25.8 Å². The highest BCUT2D eigenvalue weighted by Crippen LogP contribution is 2.33. The minimum atomic E-state index is -4.77. The summed E-state index contributed by atoms with van der Waals surface area (Å²) in [5.74, 6) is 3.51. The molecular weight excluding hydrogens is 913 g/mol. The lowest BCUT2D eigenvalue weighted by Gasteiger charge is -2.44. The van der Waals surface area contributed by atoms with Crippen LogP contribution < -0.4 is 26.8 Å². The van der Waals surface area contributed by atoms with Crippen molar-refractivity contribution in [1.29, 1.82) is 0 Å². The zero-order chi connectivity index (χ0) is 48.8. The predicted molar refractivity (Wildman–Crippen MR) is 241 cm³/mol. The Bertz CT molecular complexity index is 2600. The Hall–Kier alpha value is -6.73. The van der Waals surface area contributed by atoms with Crippen molar-refractivity contribution in [3.05, 3.63) is 215 Å². The number of benzene rings is 7. The van der Waals surface area contributed by atoms with Crippen LogP contribution in [0.5, 0.6) is 0 Å². The van der Waals surface area contributed by atoms with Gasteiger partial charge in [0.2, 0.25) is 0 Å². The van der Waals surface area contributed by atoms with Crippen molar-refractivity contribution >= 4 is 43.6 Å². The van der Waals surface area contributed by atoms with Crippen LogP contribution in [0.3, 0.4) is 0 Å². The van der Waals surface area contributed by atoms with Crippen molar-refractivity contribution in [2.24, 2.45) is 0 Å². The summed E-state index contributed by atoms with van der Waals surface area (Å²) < 4.78 is 174. The second-order valence-electron chi connectivity index (χ2n) is 15.6. The molecule has 0 amide bonds. The molecule has 0 heterocycles. The minimum absolute atomic E-state index is 0.0114. The lowest BCUT2D eigenvalue weighted by molar-refractivity contribution is -0.138. The van der Waals surface area contributed by atoms with E-state index >= 15 is 0 Å². The van der Waals surface area contributed by atoms with Gasteiger partial charge in [-0.2, -0.15) is 74.5 Å². The predicted octanol–water partition coefficient (Wildman–Crippen LogP) is 12.0. The molecule has 7 aromatic carbocycles. The van der Waals surface area contributed by atoms with Gasteiger partial charge in [-0.15, -0.1) is 0 Å². The first kappa shape index (κ1) is 49.7. The van der Waals surface area contributed by atoms with E-state index in [1.807, 2.05) is 104 Å². The summed E-state index contributed by atoms with van der Waals surface area (Å²) in [7, 11) is 1.49. The molecule has 0 aliphatic heterocycles. The molecule has 67 heavy (non-hydrogen) atoms. The highest BCUT2D eigenvalue weighted by molar-refractivity contribution is 8.06. The first-order valence-corrected chi connectivity index (χ1v) is 21.9. The van der Waals surface area contributed by atoms with E-state index in [9.17, 15) is 56.9 Å². The Morgan fingerprint density at radius 3 is 1.04 bits per heavy atom. The summed E-state index contributed by atoms with van der Waals surface area (Å²) in [6.45, 7) is 0. The van der Waals surface area contributed by atoms with Crippen molar-refractivity contribution in [2.45, 2.75) is 35.4 Å². The monoisotopic (exact) mass is 951 g/mol. The van der Waals surface area contributed by atoms with E-state index < -0.39 is 63.0 Å². The number of rotatable bonds is 8. The zero-order valence-electron chi connectivity index (χ0n) is 35.4. The Morgan fingerprint density at radius 1 is 0.433 bits per heavy atom. The molecule has 0 fully saturated rings. The quantitative estimate of drug-likeness (QED) is 0.0655. The van der Waals surface area contributed by atoms with Gasteiger partial charge in [-0.25, -0.2) is 0 Å². The fourth-order valence-corrected chi connectivity index (χ4v) is 9.50. The Kier molecular flexibility index (Phi) is 14.6. The van der Waals surface area contributed by atoms with Crippen LogP contribution in [0, 0.1) is 11.2 Å². The molecule has 0 aliphatic rings. The van der Waals surface area contributed by atoms with Crippen molar-refractivity contribution in [3.63, 3.8) is 0 Å². The van der Waals surface area contributed by atoms with Crippen molar-refractivity contribution in [3.8, 4) is 11.2 Å². The molecule has 0 bridgehead atoms. The van der Waals surface area contributed by atoms with Gasteiger partial charge in [0.1, 0.15) is 6.15 Å². The molecule has 0 spiro atoms. The Balaban J connectivity index is 0.000000244. The molecular formula is C51H38BF12NOS. The molecule has 346 valence electrons. The van der Waals surface area contributed by atoms with Gasteiger partial charge in [0.05, 0.1) is 22.3 Å². The molecule has 7 rings (SSSR count). The molecule has 0 saturated carbocycles. The van der Waals surface area contributed by atoms with Crippen LogP contribution in [0.25, 0.3) is 0 Å². The number of halogens is 12. The summed E-state index contributed by atoms with van der Waals surface area (Å²) in [5, 5.41) is 3.08. The summed E-state index contributed by atoms with van der Waals surface area (Å²) in [6.07, 6.45) is -22.0. The highest BCUT2D eigenvalue weighted by atomic mass is 32.2. The van der Waals surface area contributed by atoms with Gasteiger partial charge >= 0.3 is 24.7 Å². The van der Waals surface area contributed by atoms with Gasteiger partial charge in [0, 0.05) is 30.9 Å². The summed E-state index contributed by atoms with van der Waals surface area (Å²) in [6, 6.07) is 41.0. The van der Waals surface area contributed by atoms with Crippen LogP contribution in [0.2, 0.25) is 0 Å². The summed E-state index contributed by atoms with van der Waals surface area (Å²) in [4.78, 5) is 2.83. The molecule has 0 saturated heterocycles. The normalized spacial score (nSPS) is 13.0. The molecule has 16 heteroatoms. The maximum Gasteiger partial charge on any atom is 0.416 e. The lowest BCUT2D eigenvalue weighted by Crippen LogP contribution is -2.74. The molecule has 0 aliphatic carbocycles. The van der Waals surface area contributed by atoms with Gasteiger partial charge in [-0.3, -0.25) is 0 Å². The average molecular weight is 952 g/mol. The lowest BCUT2D eigenvalue weighted by atomic mass is 9.13. The van der Waals surface area contributed by atoms with Gasteiger partial charge < -0.3 is 4.90 Å².